The molecule has 1 amide bonds. The first-order valence-corrected chi connectivity index (χ1v) is 7.18. The van der Waals surface area contributed by atoms with Gasteiger partial charge in [0, 0.05) is 32.7 Å². The number of rotatable bonds is 2. The van der Waals surface area contributed by atoms with Gasteiger partial charge in [-0.1, -0.05) is 23.2 Å². The maximum absolute atomic E-state index is 12.2. The lowest BCUT2D eigenvalue weighted by Crippen LogP contribution is -2.17. The second-order valence-electron chi connectivity index (χ2n) is 4.70. The fraction of sp³-hybridized carbons (Fsp3) is 0. The van der Waals surface area contributed by atoms with Gasteiger partial charge in [-0.25, -0.2) is 0 Å². The number of nitrogens with one attached hydrogen (secondary N) is 2. The van der Waals surface area contributed by atoms with Crippen molar-refractivity contribution in [3.05, 3.63) is 74.5 Å². The van der Waals surface area contributed by atoms with E-state index in [1.165, 1.54) is 6.07 Å². The number of carbonyl (C=O) groups excluding carboxylic acids is 1. The van der Waals surface area contributed by atoms with Crippen LogP contribution in [-0.4, -0.2) is 10.9 Å². The summed E-state index contributed by atoms with van der Waals surface area (Å²) in [4.78, 5) is 27.2. The topological polar surface area (TPSA) is 62.0 Å². The van der Waals surface area contributed by atoms with E-state index < -0.39 is 5.91 Å². The van der Waals surface area contributed by atoms with Crippen LogP contribution < -0.4 is 10.7 Å². The zero-order chi connectivity index (χ0) is 15.7. The van der Waals surface area contributed by atoms with Gasteiger partial charge in [-0.05, 0) is 42.5 Å². The Morgan fingerprint density at radius 1 is 0.955 bits per heavy atom. The second kappa shape index (κ2) is 5.83. The summed E-state index contributed by atoms with van der Waals surface area (Å²) in [6.45, 7) is 0. The number of anilines is 1. The van der Waals surface area contributed by atoms with Crippen molar-refractivity contribution in [2.45, 2.75) is 0 Å². The van der Waals surface area contributed by atoms with E-state index in [9.17, 15) is 9.59 Å². The Bertz CT molecular complexity index is 918. The number of fused-ring (bicyclic) bond motifs is 1. The molecule has 1 heterocycles. The Balaban J connectivity index is 1.96. The standard InChI is InChI=1S/C16H10Cl2N2O2/c17-9-1-4-11(5-2-9)19-16(22)14-8-15(21)12-7-10(18)3-6-13(12)20-14/h1-8H,(H,19,22)(H,20,21). The summed E-state index contributed by atoms with van der Waals surface area (Å²) >= 11 is 11.7. The van der Waals surface area contributed by atoms with Crippen molar-refractivity contribution in [3.63, 3.8) is 0 Å². The van der Waals surface area contributed by atoms with Crippen LogP contribution in [0.4, 0.5) is 5.69 Å². The summed E-state index contributed by atoms with van der Waals surface area (Å²) in [5, 5.41) is 4.18. The molecule has 0 atom stereocenters. The predicted octanol–water partition coefficient (Wildman–Crippen LogP) is 4.09. The molecule has 0 aliphatic carbocycles. The molecule has 0 saturated heterocycles. The van der Waals surface area contributed by atoms with Crippen molar-refractivity contribution >= 4 is 45.7 Å². The molecular formula is C16H10Cl2N2O2. The number of aromatic nitrogens is 1. The minimum Gasteiger partial charge on any atom is -0.350 e. The molecule has 6 heteroatoms. The van der Waals surface area contributed by atoms with E-state index >= 15 is 0 Å². The van der Waals surface area contributed by atoms with Crippen LogP contribution in [0.25, 0.3) is 10.9 Å². The molecule has 0 radical (unpaired) electrons. The lowest BCUT2D eigenvalue weighted by Gasteiger charge is -2.07. The molecule has 3 rings (SSSR count). The number of aromatic amines is 1. The van der Waals surface area contributed by atoms with Crippen molar-refractivity contribution in [2.24, 2.45) is 0 Å². The van der Waals surface area contributed by atoms with E-state index in [1.807, 2.05) is 0 Å². The van der Waals surface area contributed by atoms with E-state index in [-0.39, 0.29) is 11.1 Å². The summed E-state index contributed by atoms with van der Waals surface area (Å²) < 4.78 is 0. The van der Waals surface area contributed by atoms with Crippen LogP contribution in [0.1, 0.15) is 10.5 Å². The zero-order valence-electron chi connectivity index (χ0n) is 11.2. The van der Waals surface area contributed by atoms with E-state index in [0.717, 1.165) is 0 Å². The monoisotopic (exact) mass is 332 g/mol. The molecule has 0 bridgehead atoms. The second-order valence-corrected chi connectivity index (χ2v) is 5.57. The van der Waals surface area contributed by atoms with Crippen LogP contribution in [0.3, 0.4) is 0 Å². The summed E-state index contributed by atoms with van der Waals surface area (Å²) in [5.74, 6) is -0.406. The molecule has 110 valence electrons. The summed E-state index contributed by atoms with van der Waals surface area (Å²) in [6, 6.07) is 12.8. The van der Waals surface area contributed by atoms with Crippen LogP contribution >= 0.6 is 23.2 Å². The molecular weight excluding hydrogens is 323 g/mol. The lowest BCUT2D eigenvalue weighted by atomic mass is 10.2. The van der Waals surface area contributed by atoms with E-state index in [1.54, 1.807) is 42.5 Å². The van der Waals surface area contributed by atoms with Gasteiger partial charge in [0.25, 0.3) is 5.91 Å². The van der Waals surface area contributed by atoms with Crippen LogP contribution in [0.5, 0.6) is 0 Å². The smallest absolute Gasteiger partial charge is 0.272 e. The number of benzene rings is 2. The molecule has 4 nitrogen and oxygen atoms in total. The Morgan fingerprint density at radius 2 is 1.64 bits per heavy atom. The highest BCUT2D eigenvalue weighted by atomic mass is 35.5. The van der Waals surface area contributed by atoms with E-state index in [0.29, 0.717) is 26.6 Å². The molecule has 22 heavy (non-hydrogen) atoms. The largest absolute Gasteiger partial charge is 0.350 e. The number of carbonyl (C=O) groups is 1. The molecule has 1 aromatic heterocycles. The van der Waals surface area contributed by atoms with E-state index in [2.05, 4.69) is 10.3 Å². The SMILES string of the molecule is O=C(Nc1ccc(Cl)cc1)c1cc(=O)c2cc(Cl)ccc2[nH]1. The van der Waals surface area contributed by atoms with Crippen LogP contribution in [-0.2, 0) is 0 Å². The predicted molar refractivity (Wildman–Crippen MR) is 89.0 cm³/mol. The van der Waals surface area contributed by atoms with Crippen molar-refractivity contribution in [1.29, 1.82) is 0 Å². The first kappa shape index (κ1) is 14.6. The van der Waals surface area contributed by atoms with Gasteiger partial charge >= 0.3 is 0 Å². The highest BCUT2D eigenvalue weighted by molar-refractivity contribution is 6.31. The van der Waals surface area contributed by atoms with Gasteiger partial charge in [-0.3, -0.25) is 9.59 Å². The molecule has 0 aliphatic heterocycles. The molecule has 0 aliphatic rings. The minimum absolute atomic E-state index is 0.176. The zero-order valence-corrected chi connectivity index (χ0v) is 12.7. The quantitative estimate of drug-likeness (QED) is 0.742. The van der Waals surface area contributed by atoms with Crippen LogP contribution in [0.2, 0.25) is 10.0 Å². The fourth-order valence-corrected chi connectivity index (χ4v) is 2.37. The molecule has 3 aromatic rings. The maximum Gasteiger partial charge on any atom is 0.272 e. The van der Waals surface area contributed by atoms with Crippen LogP contribution in [0.15, 0.2) is 53.3 Å². The Labute approximate surface area is 135 Å². The van der Waals surface area contributed by atoms with Crippen LogP contribution in [0, 0.1) is 0 Å². The van der Waals surface area contributed by atoms with Gasteiger partial charge in [0.15, 0.2) is 5.43 Å². The van der Waals surface area contributed by atoms with Crippen molar-refractivity contribution in [2.75, 3.05) is 5.32 Å². The Kier molecular flexibility index (Phi) is 3.88. The Hall–Kier alpha value is -2.30. The van der Waals surface area contributed by atoms with Gasteiger partial charge < -0.3 is 10.3 Å². The molecule has 0 spiro atoms. The highest BCUT2D eigenvalue weighted by Crippen LogP contribution is 2.17. The number of hydrogen-bond donors (Lipinski definition) is 2. The average molecular weight is 333 g/mol. The fourth-order valence-electron chi connectivity index (χ4n) is 2.07. The van der Waals surface area contributed by atoms with Gasteiger partial charge in [-0.2, -0.15) is 0 Å². The van der Waals surface area contributed by atoms with E-state index in [4.69, 9.17) is 23.2 Å². The van der Waals surface area contributed by atoms with Crippen molar-refractivity contribution in [3.8, 4) is 0 Å². The maximum atomic E-state index is 12.2. The first-order valence-electron chi connectivity index (χ1n) is 6.42. The number of halogens is 2. The lowest BCUT2D eigenvalue weighted by molar-refractivity contribution is 0.102. The van der Waals surface area contributed by atoms with Gasteiger partial charge in [0.2, 0.25) is 0 Å². The van der Waals surface area contributed by atoms with Gasteiger partial charge in [0.1, 0.15) is 5.69 Å². The third-order valence-electron chi connectivity index (χ3n) is 3.14. The highest BCUT2D eigenvalue weighted by Gasteiger charge is 2.10. The number of amides is 1. The number of H-pyrrole nitrogens is 1. The number of pyridine rings is 1. The first-order chi connectivity index (χ1) is 10.5. The molecule has 0 fully saturated rings. The molecule has 0 saturated carbocycles. The normalized spacial score (nSPS) is 10.6. The van der Waals surface area contributed by atoms with Crippen molar-refractivity contribution < 1.29 is 4.79 Å². The van der Waals surface area contributed by atoms with Crippen molar-refractivity contribution in [1.82, 2.24) is 4.98 Å². The molecule has 2 aromatic carbocycles. The number of hydrogen-bond acceptors (Lipinski definition) is 2. The summed E-state index contributed by atoms with van der Waals surface area (Å²) in [5.41, 5.74) is 1.05. The average Bonchev–Trinajstić information content (AvgIpc) is 2.50. The summed E-state index contributed by atoms with van der Waals surface area (Å²) in [7, 11) is 0. The third-order valence-corrected chi connectivity index (χ3v) is 3.63. The summed E-state index contributed by atoms with van der Waals surface area (Å²) in [6.07, 6.45) is 0. The van der Waals surface area contributed by atoms with Gasteiger partial charge in [-0.15, -0.1) is 0 Å². The molecule has 2 N–H and O–H groups in total. The van der Waals surface area contributed by atoms with Gasteiger partial charge in [0.05, 0.1) is 0 Å². The Morgan fingerprint density at radius 3 is 2.36 bits per heavy atom. The third kappa shape index (κ3) is 2.98. The molecule has 0 unspecified atom stereocenters. The minimum atomic E-state index is -0.406.